The highest BCUT2D eigenvalue weighted by Gasteiger charge is 2.34. The molecular formula is C45H52N2O8. The summed E-state index contributed by atoms with van der Waals surface area (Å²) in [7, 11) is 6.39. The molecule has 4 aliphatic rings. The standard InChI is InChI=1S/C23H27NO4.C22H25NO4/c1-26-16-14-18-22(20(15-16)27-2)21-17(23(18)25)8-6-9-19(21)28-13-7-12-24-10-4-3-5-11-24;1-25-15-13-17-21(19(14-15)26-2)20-16(22(17)24)7-6-8-18(20)27-12-11-23-9-4-3-5-10-23/h6,8-9,14-15H,3-5,7,10-13H2,1-2H3;6-8,13-14H,3-5,9-12H2,1-2H3. The third-order valence-corrected chi connectivity index (χ3v) is 11.0. The van der Waals surface area contributed by atoms with E-state index < -0.39 is 0 Å². The molecule has 4 aromatic rings. The van der Waals surface area contributed by atoms with Crippen LogP contribution >= 0.6 is 0 Å². The van der Waals surface area contributed by atoms with Gasteiger partial charge < -0.3 is 33.3 Å². The maximum atomic E-state index is 12.9. The van der Waals surface area contributed by atoms with Gasteiger partial charge in [-0.15, -0.1) is 0 Å². The van der Waals surface area contributed by atoms with Crippen LogP contribution in [0.3, 0.4) is 0 Å². The van der Waals surface area contributed by atoms with E-state index in [4.69, 9.17) is 28.4 Å². The van der Waals surface area contributed by atoms with E-state index >= 15 is 0 Å². The van der Waals surface area contributed by atoms with Crippen LogP contribution in [0.5, 0.6) is 34.5 Å². The van der Waals surface area contributed by atoms with Crippen molar-refractivity contribution in [2.24, 2.45) is 0 Å². The molecule has 2 fully saturated rings. The Morgan fingerprint density at radius 2 is 0.909 bits per heavy atom. The lowest BCUT2D eigenvalue weighted by atomic mass is 10.0. The number of carbonyl (C=O) groups is 2. The number of piperidine rings is 2. The first-order valence-corrected chi connectivity index (χ1v) is 19.5. The Morgan fingerprint density at radius 3 is 1.36 bits per heavy atom. The number of fused-ring (bicyclic) bond motifs is 6. The van der Waals surface area contributed by atoms with Crippen molar-refractivity contribution in [1.29, 1.82) is 0 Å². The molecule has 0 N–H and O–H groups in total. The fraction of sp³-hybridized carbons (Fsp3) is 0.422. The van der Waals surface area contributed by atoms with Gasteiger partial charge in [-0.2, -0.15) is 0 Å². The van der Waals surface area contributed by atoms with Gasteiger partial charge in [-0.25, -0.2) is 0 Å². The van der Waals surface area contributed by atoms with E-state index in [2.05, 4.69) is 9.80 Å². The van der Waals surface area contributed by atoms with E-state index in [-0.39, 0.29) is 11.6 Å². The Hall–Kier alpha value is -5.06. The molecular weight excluding hydrogens is 697 g/mol. The molecule has 2 saturated heterocycles. The first-order valence-electron chi connectivity index (χ1n) is 19.5. The summed E-state index contributed by atoms with van der Waals surface area (Å²) >= 11 is 0. The number of hydrogen-bond acceptors (Lipinski definition) is 10. The molecule has 10 heteroatoms. The fourth-order valence-corrected chi connectivity index (χ4v) is 8.22. The van der Waals surface area contributed by atoms with Gasteiger partial charge in [0.1, 0.15) is 41.1 Å². The molecule has 8 rings (SSSR count). The van der Waals surface area contributed by atoms with Gasteiger partial charge in [0, 0.05) is 69.7 Å². The van der Waals surface area contributed by atoms with Gasteiger partial charge in [0.25, 0.3) is 0 Å². The van der Waals surface area contributed by atoms with E-state index in [1.807, 2.05) is 48.5 Å². The number of rotatable bonds is 13. The van der Waals surface area contributed by atoms with Crippen LogP contribution in [0, 0.1) is 0 Å². The van der Waals surface area contributed by atoms with Gasteiger partial charge in [0.2, 0.25) is 0 Å². The third kappa shape index (κ3) is 8.02. The summed E-state index contributed by atoms with van der Waals surface area (Å²) in [6.07, 6.45) is 8.78. The second kappa shape index (κ2) is 17.6. The SMILES string of the molecule is COc1cc(OC)c2c(c1)C(=O)c1cccc(OCCCN3CCCCC3)c1-2.COc1cc(OC)c2c(c1)C(=O)c1cccc(OCCN3CCCCC3)c1-2. The minimum Gasteiger partial charge on any atom is -0.497 e. The summed E-state index contributed by atoms with van der Waals surface area (Å²) in [6, 6.07) is 18.5. The van der Waals surface area contributed by atoms with Crippen LogP contribution in [0.15, 0.2) is 60.7 Å². The van der Waals surface area contributed by atoms with Crippen LogP contribution in [-0.4, -0.2) is 102 Å². The van der Waals surface area contributed by atoms with E-state index in [9.17, 15) is 9.59 Å². The number of hydrogen-bond donors (Lipinski definition) is 0. The Morgan fingerprint density at radius 1 is 0.473 bits per heavy atom. The van der Waals surface area contributed by atoms with Crippen molar-refractivity contribution in [3.8, 4) is 56.8 Å². The van der Waals surface area contributed by atoms with Crippen LogP contribution in [0.4, 0.5) is 0 Å². The summed E-state index contributed by atoms with van der Waals surface area (Å²) in [5, 5.41) is 0. The summed E-state index contributed by atoms with van der Waals surface area (Å²) < 4.78 is 34.1. The summed E-state index contributed by atoms with van der Waals surface area (Å²) in [6.45, 7) is 7.89. The van der Waals surface area contributed by atoms with E-state index in [0.717, 1.165) is 66.4 Å². The monoisotopic (exact) mass is 748 g/mol. The van der Waals surface area contributed by atoms with Crippen LogP contribution in [-0.2, 0) is 0 Å². The Kier molecular flexibility index (Phi) is 12.2. The second-order valence-corrected chi connectivity index (χ2v) is 14.4. The van der Waals surface area contributed by atoms with Gasteiger partial charge in [0.15, 0.2) is 11.6 Å². The molecule has 2 heterocycles. The van der Waals surface area contributed by atoms with Crippen LogP contribution in [0.25, 0.3) is 22.3 Å². The molecule has 0 atom stereocenters. The zero-order valence-electron chi connectivity index (χ0n) is 32.5. The lowest BCUT2D eigenvalue weighted by molar-refractivity contribution is 0.103. The van der Waals surface area contributed by atoms with E-state index in [1.165, 1.54) is 51.6 Å². The molecule has 10 nitrogen and oxygen atoms in total. The Bertz CT molecular complexity index is 2010. The van der Waals surface area contributed by atoms with Crippen molar-refractivity contribution < 1.29 is 38.0 Å². The number of likely N-dealkylation sites (tertiary alicyclic amines) is 2. The lowest BCUT2D eigenvalue weighted by Crippen LogP contribution is -2.33. The molecule has 0 bridgehead atoms. The van der Waals surface area contributed by atoms with Crippen molar-refractivity contribution >= 4 is 11.6 Å². The molecule has 0 amide bonds. The predicted octanol–water partition coefficient (Wildman–Crippen LogP) is 7.95. The molecule has 55 heavy (non-hydrogen) atoms. The van der Waals surface area contributed by atoms with Crippen molar-refractivity contribution in [3.63, 3.8) is 0 Å². The first kappa shape index (κ1) is 38.2. The molecule has 0 radical (unpaired) electrons. The average Bonchev–Trinajstić information content (AvgIpc) is 3.70. The minimum absolute atomic E-state index is 0.0130. The van der Waals surface area contributed by atoms with Gasteiger partial charge in [-0.3, -0.25) is 14.5 Å². The number of ketones is 2. The third-order valence-electron chi connectivity index (χ3n) is 11.0. The number of methoxy groups -OCH3 is 4. The van der Waals surface area contributed by atoms with Gasteiger partial charge in [0.05, 0.1) is 35.0 Å². The van der Waals surface area contributed by atoms with Crippen molar-refractivity contribution in [1.82, 2.24) is 9.80 Å². The van der Waals surface area contributed by atoms with E-state index in [1.54, 1.807) is 40.6 Å². The minimum atomic E-state index is -0.0151. The molecule has 0 aromatic heterocycles. The molecule has 0 saturated carbocycles. The molecule has 0 unspecified atom stereocenters. The zero-order chi connectivity index (χ0) is 38.3. The second-order valence-electron chi connectivity index (χ2n) is 14.4. The van der Waals surface area contributed by atoms with Crippen LogP contribution in [0.2, 0.25) is 0 Å². The average molecular weight is 749 g/mol. The fourth-order valence-electron chi connectivity index (χ4n) is 8.22. The highest BCUT2D eigenvalue weighted by molar-refractivity contribution is 6.24. The van der Waals surface area contributed by atoms with Crippen LogP contribution in [0.1, 0.15) is 76.8 Å². The number of nitrogens with zero attached hydrogens (tertiary/aromatic N) is 2. The van der Waals surface area contributed by atoms with Crippen LogP contribution < -0.4 is 28.4 Å². The Balaban J connectivity index is 0.000000169. The van der Waals surface area contributed by atoms with Gasteiger partial charge in [-0.1, -0.05) is 37.1 Å². The van der Waals surface area contributed by atoms with Crippen molar-refractivity contribution in [3.05, 3.63) is 82.9 Å². The Labute approximate surface area is 324 Å². The highest BCUT2D eigenvalue weighted by Crippen LogP contribution is 2.50. The number of ether oxygens (including phenoxy) is 6. The maximum absolute atomic E-state index is 12.9. The van der Waals surface area contributed by atoms with Crippen molar-refractivity contribution in [2.45, 2.75) is 44.9 Å². The van der Waals surface area contributed by atoms with Crippen molar-refractivity contribution in [2.75, 3.05) is 80.9 Å². The summed E-state index contributed by atoms with van der Waals surface area (Å²) in [4.78, 5) is 30.8. The number of benzene rings is 4. The topological polar surface area (TPSA) is 96.0 Å². The quantitative estimate of drug-likeness (QED) is 0.108. The van der Waals surface area contributed by atoms with Gasteiger partial charge >= 0.3 is 0 Å². The van der Waals surface area contributed by atoms with Gasteiger partial charge in [-0.05, 0) is 82.5 Å². The lowest BCUT2D eigenvalue weighted by Gasteiger charge is -2.26. The highest BCUT2D eigenvalue weighted by atomic mass is 16.5. The van der Waals surface area contributed by atoms with E-state index in [0.29, 0.717) is 58.5 Å². The predicted molar refractivity (Wildman–Crippen MR) is 213 cm³/mol. The first-order chi connectivity index (χ1) is 26.9. The summed E-state index contributed by atoms with van der Waals surface area (Å²) in [5.41, 5.74) is 5.79. The normalized spacial score (nSPS) is 15.9. The smallest absolute Gasteiger partial charge is 0.194 e. The zero-order valence-corrected chi connectivity index (χ0v) is 32.5. The summed E-state index contributed by atoms with van der Waals surface area (Å²) in [5.74, 6) is 3.93. The molecule has 2 aliphatic heterocycles. The molecule has 0 spiro atoms. The largest absolute Gasteiger partial charge is 0.497 e. The molecule has 4 aromatic carbocycles. The molecule has 290 valence electrons. The maximum Gasteiger partial charge on any atom is 0.194 e. The number of carbonyl (C=O) groups excluding carboxylic acids is 2. The molecule has 2 aliphatic carbocycles.